The molecule has 0 saturated carbocycles. The number of aryl methyl sites for hydroxylation is 2. The monoisotopic (exact) mass is 705 g/mol. The molecule has 0 amide bonds. The van der Waals surface area contributed by atoms with Gasteiger partial charge in [0.2, 0.25) is 0 Å². The molecule has 2 rings (SSSR count). The van der Waals surface area contributed by atoms with Crippen LogP contribution in [0.5, 0.6) is 11.5 Å². The second-order valence-electron chi connectivity index (χ2n) is 16.1. The van der Waals surface area contributed by atoms with E-state index in [1.807, 2.05) is 24.3 Å². The van der Waals surface area contributed by atoms with E-state index >= 15 is 0 Å². The number of phenols is 2. The molecule has 2 aromatic rings. The summed E-state index contributed by atoms with van der Waals surface area (Å²) < 4.78 is 0. The fourth-order valence-corrected chi connectivity index (χ4v) is 8.02. The van der Waals surface area contributed by atoms with Gasteiger partial charge in [0, 0.05) is 17.5 Å². The highest BCUT2D eigenvalue weighted by molar-refractivity contribution is 5.48. The summed E-state index contributed by atoms with van der Waals surface area (Å²) in [6.45, 7) is 4.59. The zero-order valence-corrected chi connectivity index (χ0v) is 34.1. The molecule has 0 aliphatic carbocycles. The zero-order chi connectivity index (χ0) is 36.5. The number of hydrogen-bond donors (Lipinski definition) is 2. The summed E-state index contributed by atoms with van der Waals surface area (Å²) in [5.41, 5.74) is 4.51. The smallest absolute Gasteiger partial charge is 0.119 e. The molecule has 0 spiro atoms. The Morgan fingerprint density at radius 1 is 0.314 bits per heavy atom. The molecule has 0 saturated heterocycles. The van der Waals surface area contributed by atoms with Crippen molar-refractivity contribution < 1.29 is 10.2 Å². The number of phenolic OH excluding ortho intramolecular Hbond substituents is 2. The topological polar surface area (TPSA) is 40.5 Å². The maximum atomic E-state index is 10.9. The molecular formula is C49H84O2. The van der Waals surface area contributed by atoms with Gasteiger partial charge < -0.3 is 10.2 Å². The summed E-state index contributed by atoms with van der Waals surface area (Å²) in [5, 5.41) is 21.8. The van der Waals surface area contributed by atoms with Crippen molar-refractivity contribution in [2.45, 2.75) is 239 Å². The number of hydrogen-bond acceptors (Lipinski definition) is 2. The lowest BCUT2D eigenvalue weighted by Gasteiger charge is -2.16. The van der Waals surface area contributed by atoms with Gasteiger partial charge in [-0.2, -0.15) is 0 Å². The van der Waals surface area contributed by atoms with Gasteiger partial charge in [-0.15, -0.1) is 0 Å². The Morgan fingerprint density at radius 3 is 0.804 bits per heavy atom. The highest BCUT2D eigenvalue weighted by Gasteiger charge is 2.14. The normalized spacial score (nSPS) is 11.5. The minimum atomic E-state index is 0.376. The van der Waals surface area contributed by atoms with E-state index in [1.54, 1.807) is 0 Å². The lowest BCUT2D eigenvalue weighted by atomic mass is 9.91. The third-order valence-electron chi connectivity index (χ3n) is 11.4. The van der Waals surface area contributed by atoms with Crippen molar-refractivity contribution in [2.75, 3.05) is 0 Å². The summed E-state index contributed by atoms with van der Waals surface area (Å²) in [5.74, 6) is 0.751. The van der Waals surface area contributed by atoms with Crippen LogP contribution in [0, 0.1) is 0 Å². The first kappa shape index (κ1) is 45.2. The molecule has 292 valence electrons. The van der Waals surface area contributed by atoms with Gasteiger partial charge in [0.25, 0.3) is 0 Å². The minimum absolute atomic E-state index is 0.376. The Bertz CT molecular complexity index is 975. The van der Waals surface area contributed by atoms with E-state index in [0.717, 1.165) is 24.0 Å². The molecule has 0 atom stereocenters. The molecule has 0 unspecified atom stereocenters. The molecule has 2 heteroatoms. The number of benzene rings is 2. The van der Waals surface area contributed by atoms with E-state index in [9.17, 15) is 10.2 Å². The number of rotatable bonds is 36. The molecule has 2 nitrogen and oxygen atoms in total. The van der Waals surface area contributed by atoms with Crippen LogP contribution in [0.3, 0.4) is 0 Å². The average Bonchev–Trinajstić information content (AvgIpc) is 3.13. The summed E-state index contributed by atoms with van der Waals surface area (Å²) in [7, 11) is 0. The van der Waals surface area contributed by atoms with E-state index < -0.39 is 0 Å². The molecule has 0 aliphatic rings. The van der Waals surface area contributed by atoms with Gasteiger partial charge in [0.1, 0.15) is 11.5 Å². The fraction of sp³-hybridized carbons (Fsp3) is 0.755. The highest BCUT2D eigenvalue weighted by Crippen LogP contribution is 2.32. The first-order chi connectivity index (χ1) is 25.2. The third kappa shape index (κ3) is 23.3. The Hall–Kier alpha value is -1.96. The maximum absolute atomic E-state index is 10.9. The molecule has 0 bridgehead atoms. The van der Waals surface area contributed by atoms with Crippen molar-refractivity contribution in [3.63, 3.8) is 0 Å². The summed E-state index contributed by atoms with van der Waals surface area (Å²) in [4.78, 5) is 0. The average molecular weight is 705 g/mol. The molecular weight excluding hydrogens is 621 g/mol. The van der Waals surface area contributed by atoms with E-state index in [-0.39, 0.29) is 0 Å². The Kier molecular flexibility index (Phi) is 29.0. The van der Waals surface area contributed by atoms with Crippen LogP contribution in [0.25, 0.3) is 0 Å². The van der Waals surface area contributed by atoms with Gasteiger partial charge in [0.05, 0.1) is 0 Å². The van der Waals surface area contributed by atoms with Crippen LogP contribution < -0.4 is 0 Å². The fourth-order valence-electron chi connectivity index (χ4n) is 8.02. The Labute approximate surface area is 318 Å². The highest BCUT2D eigenvalue weighted by atomic mass is 16.3. The molecule has 0 radical (unpaired) electrons. The van der Waals surface area contributed by atoms with Gasteiger partial charge in [-0.25, -0.2) is 0 Å². The van der Waals surface area contributed by atoms with E-state index in [2.05, 4.69) is 26.0 Å². The molecule has 0 heterocycles. The van der Waals surface area contributed by atoms with Crippen molar-refractivity contribution in [2.24, 2.45) is 0 Å². The second kappa shape index (κ2) is 32.7. The predicted octanol–water partition coefficient (Wildman–Crippen LogP) is 16.3. The zero-order valence-electron chi connectivity index (χ0n) is 34.1. The van der Waals surface area contributed by atoms with E-state index in [4.69, 9.17) is 0 Å². The molecule has 0 aromatic heterocycles. The van der Waals surface area contributed by atoms with Crippen molar-refractivity contribution in [3.05, 3.63) is 58.7 Å². The van der Waals surface area contributed by atoms with Crippen LogP contribution in [0.2, 0.25) is 0 Å². The van der Waals surface area contributed by atoms with Gasteiger partial charge in [-0.05, 0) is 48.9 Å². The van der Waals surface area contributed by atoms with Gasteiger partial charge in [-0.3, -0.25) is 0 Å². The quantitative estimate of drug-likeness (QED) is 0.0693. The van der Waals surface area contributed by atoms with Crippen LogP contribution in [0.4, 0.5) is 0 Å². The van der Waals surface area contributed by atoms with Gasteiger partial charge in [0.15, 0.2) is 0 Å². The van der Waals surface area contributed by atoms with Crippen LogP contribution >= 0.6 is 0 Å². The molecule has 2 aromatic carbocycles. The van der Waals surface area contributed by atoms with Crippen molar-refractivity contribution in [3.8, 4) is 11.5 Å². The van der Waals surface area contributed by atoms with Gasteiger partial charge in [-0.1, -0.05) is 231 Å². The second-order valence-corrected chi connectivity index (χ2v) is 16.1. The lowest BCUT2D eigenvalue weighted by molar-refractivity contribution is 0.460. The standard InChI is InChI=1S/C49H84O2/c1-3-5-7-9-11-13-15-17-19-21-23-25-27-29-31-33-37-44-39-35-41-48(50)46(44)43-47-45(40-36-42-49(47)51)38-34-32-30-28-26-24-22-20-18-16-14-12-10-8-6-4-2/h35-36,39-42,50-51H,3-34,37-38,43H2,1-2H3. The van der Waals surface area contributed by atoms with E-state index in [0.29, 0.717) is 17.9 Å². The van der Waals surface area contributed by atoms with Crippen molar-refractivity contribution >= 4 is 0 Å². The minimum Gasteiger partial charge on any atom is -0.508 e. The lowest BCUT2D eigenvalue weighted by Crippen LogP contribution is -2.01. The van der Waals surface area contributed by atoms with E-state index in [1.165, 1.54) is 217 Å². The van der Waals surface area contributed by atoms with Crippen molar-refractivity contribution in [1.29, 1.82) is 0 Å². The number of unbranched alkanes of at least 4 members (excludes halogenated alkanes) is 30. The summed E-state index contributed by atoms with van der Waals surface area (Å²) in [6.07, 6.45) is 46.8. The first-order valence-corrected chi connectivity index (χ1v) is 22.8. The summed E-state index contributed by atoms with van der Waals surface area (Å²) in [6, 6.07) is 12.0. The molecule has 0 fully saturated rings. The molecule has 51 heavy (non-hydrogen) atoms. The number of aromatic hydroxyl groups is 2. The SMILES string of the molecule is CCCCCCCCCCCCCCCCCCc1cccc(O)c1Cc1c(O)cccc1CCCCCCCCCCCCCCCCCC. The van der Waals surface area contributed by atoms with Crippen molar-refractivity contribution in [1.82, 2.24) is 0 Å². The largest absolute Gasteiger partial charge is 0.508 e. The maximum Gasteiger partial charge on any atom is 0.119 e. The predicted molar refractivity (Wildman–Crippen MR) is 226 cm³/mol. The van der Waals surface area contributed by atoms with Crippen LogP contribution in [-0.2, 0) is 19.3 Å². The molecule has 0 aliphatic heterocycles. The van der Waals surface area contributed by atoms with Crippen LogP contribution in [-0.4, -0.2) is 10.2 Å². The van der Waals surface area contributed by atoms with Crippen LogP contribution in [0.15, 0.2) is 36.4 Å². The Balaban J connectivity index is 1.59. The molecule has 2 N–H and O–H groups in total. The first-order valence-electron chi connectivity index (χ1n) is 22.8. The summed E-state index contributed by atoms with van der Waals surface area (Å²) >= 11 is 0. The third-order valence-corrected chi connectivity index (χ3v) is 11.4. The Morgan fingerprint density at radius 2 is 0.549 bits per heavy atom. The van der Waals surface area contributed by atoms with Gasteiger partial charge >= 0.3 is 0 Å². The van der Waals surface area contributed by atoms with Crippen LogP contribution in [0.1, 0.15) is 242 Å².